The molecule has 0 fully saturated rings. The first-order valence-corrected chi connectivity index (χ1v) is 7.54. The average Bonchev–Trinajstić information content (AvgIpc) is 2.39. The minimum atomic E-state index is 0.849. The predicted octanol–water partition coefficient (Wildman–Crippen LogP) is 5.39. The van der Waals surface area contributed by atoms with Crippen molar-refractivity contribution in [3.8, 4) is 0 Å². The fourth-order valence-corrected chi connectivity index (χ4v) is 2.50. The molecule has 0 saturated heterocycles. The van der Waals surface area contributed by atoms with Crippen LogP contribution in [-0.2, 0) is 13.0 Å². The Kier molecular flexibility index (Phi) is 4.84. The van der Waals surface area contributed by atoms with Gasteiger partial charge in [0.15, 0.2) is 0 Å². The van der Waals surface area contributed by atoms with Crippen LogP contribution in [0.2, 0.25) is 0 Å². The van der Waals surface area contributed by atoms with Crippen molar-refractivity contribution in [2.45, 2.75) is 19.9 Å². The van der Waals surface area contributed by atoms with E-state index >= 15 is 0 Å². The van der Waals surface area contributed by atoms with E-state index in [1.54, 1.807) is 0 Å². The number of anilines is 1. The SMILES string of the molecule is CCc1cc(Br)ccc1NCc1ccc(Br)cc1. The molecule has 18 heavy (non-hydrogen) atoms. The number of hydrogen-bond acceptors (Lipinski definition) is 1. The van der Waals surface area contributed by atoms with Crippen molar-refractivity contribution >= 4 is 37.5 Å². The van der Waals surface area contributed by atoms with E-state index in [0.29, 0.717) is 0 Å². The van der Waals surface area contributed by atoms with Gasteiger partial charge in [-0.15, -0.1) is 0 Å². The van der Waals surface area contributed by atoms with Crippen molar-refractivity contribution in [1.82, 2.24) is 0 Å². The van der Waals surface area contributed by atoms with Gasteiger partial charge in [-0.3, -0.25) is 0 Å². The van der Waals surface area contributed by atoms with Gasteiger partial charge in [-0.25, -0.2) is 0 Å². The van der Waals surface area contributed by atoms with Crippen LogP contribution in [0.3, 0.4) is 0 Å². The number of halogens is 2. The van der Waals surface area contributed by atoms with Crippen LogP contribution in [-0.4, -0.2) is 0 Å². The summed E-state index contributed by atoms with van der Waals surface area (Å²) in [5.74, 6) is 0. The highest BCUT2D eigenvalue weighted by Crippen LogP contribution is 2.22. The lowest BCUT2D eigenvalue weighted by Gasteiger charge is -2.11. The van der Waals surface area contributed by atoms with Crippen molar-refractivity contribution in [3.05, 3.63) is 62.5 Å². The zero-order valence-corrected chi connectivity index (χ0v) is 13.4. The van der Waals surface area contributed by atoms with Gasteiger partial charge in [-0.05, 0) is 47.9 Å². The zero-order chi connectivity index (χ0) is 13.0. The topological polar surface area (TPSA) is 12.0 Å². The molecule has 0 amide bonds. The smallest absolute Gasteiger partial charge is 0.0400 e. The summed E-state index contributed by atoms with van der Waals surface area (Å²) in [5, 5.41) is 3.49. The molecule has 0 aliphatic rings. The van der Waals surface area contributed by atoms with E-state index in [4.69, 9.17) is 0 Å². The summed E-state index contributed by atoms with van der Waals surface area (Å²) in [6.07, 6.45) is 1.03. The summed E-state index contributed by atoms with van der Waals surface area (Å²) in [6.45, 7) is 3.02. The molecule has 2 aromatic carbocycles. The maximum atomic E-state index is 3.51. The molecule has 0 bridgehead atoms. The quantitative estimate of drug-likeness (QED) is 0.763. The molecule has 2 rings (SSSR count). The summed E-state index contributed by atoms with van der Waals surface area (Å²) in [6, 6.07) is 14.8. The Morgan fingerprint density at radius 3 is 2.28 bits per heavy atom. The molecule has 0 heterocycles. The van der Waals surface area contributed by atoms with Gasteiger partial charge in [0.1, 0.15) is 0 Å². The second-order valence-electron chi connectivity index (χ2n) is 4.14. The second-order valence-corrected chi connectivity index (χ2v) is 5.97. The lowest BCUT2D eigenvalue weighted by Crippen LogP contribution is -2.02. The highest BCUT2D eigenvalue weighted by atomic mass is 79.9. The Hall–Kier alpha value is -0.800. The lowest BCUT2D eigenvalue weighted by atomic mass is 10.1. The summed E-state index contributed by atoms with van der Waals surface area (Å²) in [7, 11) is 0. The van der Waals surface area contributed by atoms with Crippen molar-refractivity contribution in [2.24, 2.45) is 0 Å². The Morgan fingerprint density at radius 2 is 1.61 bits per heavy atom. The van der Waals surface area contributed by atoms with Gasteiger partial charge in [0.05, 0.1) is 0 Å². The monoisotopic (exact) mass is 367 g/mol. The third-order valence-electron chi connectivity index (χ3n) is 2.84. The van der Waals surface area contributed by atoms with Gasteiger partial charge < -0.3 is 5.32 Å². The number of rotatable bonds is 4. The van der Waals surface area contributed by atoms with E-state index < -0.39 is 0 Å². The summed E-state index contributed by atoms with van der Waals surface area (Å²) < 4.78 is 2.25. The average molecular weight is 369 g/mol. The van der Waals surface area contributed by atoms with Crippen LogP contribution >= 0.6 is 31.9 Å². The van der Waals surface area contributed by atoms with Crippen LogP contribution in [0.5, 0.6) is 0 Å². The van der Waals surface area contributed by atoms with E-state index in [-0.39, 0.29) is 0 Å². The van der Waals surface area contributed by atoms with Gasteiger partial charge in [-0.1, -0.05) is 50.9 Å². The molecule has 0 aromatic heterocycles. The maximum absolute atomic E-state index is 3.51. The van der Waals surface area contributed by atoms with E-state index in [0.717, 1.165) is 21.9 Å². The van der Waals surface area contributed by atoms with Crippen LogP contribution in [0.1, 0.15) is 18.1 Å². The third-order valence-corrected chi connectivity index (χ3v) is 3.87. The third kappa shape index (κ3) is 3.59. The normalized spacial score (nSPS) is 10.4. The summed E-state index contributed by atoms with van der Waals surface area (Å²) >= 11 is 6.95. The minimum Gasteiger partial charge on any atom is -0.381 e. The molecule has 0 spiro atoms. The minimum absolute atomic E-state index is 0.849. The Bertz CT molecular complexity index is 521. The molecule has 94 valence electrons. The van der Waals surface area contributed by atoms with Crippen molar-refractivity contribution < 1.29 is 0 Å². The van der Waals surface area contributed by atoms with Crippen LogP contribution in [0.15, 0.2) is 51.4 Å². The molecule has 0 saturated carbocycles. The molecule has 1 N–H and O–H groups in total. The first kappa shape index (κ1) is 13.6. The largest absolute Gasteiger partial charge is 0.381 e. The molecule has 0 unspecified atom stereocenters. The van der Waals surface area contributed by atoms with E-state index in [1.807, 2.05) is 0 Å². The molecule has 2 aromatic rings. The number of aryl methyl sites for hydroxylation is 1. The van der Waals surface area contributed by atoms with Crippen LogP contribution < -0.4 is 5.32 Å². The Morgan fingerprint density at radius 1 is 0.944 bits per heavy atom. The van der Waals surface area contributed by atoms with Gasteiger partial charge in [0.25, 0.3) is 0 Å². The van der Waals surface area contributed by atoms with Gasteiger partial charge in [-0.2, -0.15) is 0 Å². The van der Waals surface area contributed by atoms with Crippen molar-refractivity contribution in [2.75, 3.05) is 5.32 Å². The van der Waals surface area contributed by atoms with Gasteiger partial charge in [0.2, 0.25) is 0 Å². The maximum Gasteiger partial charge on any atom is 0.0400 e. The summed E-state index contributed by atoms with van der Waals surface area (Å²) in [4.78, 5) is 0. The molecule has 0 radical (unpaired) electrons. The first-order chi connectivity index (χ1) is 8.69. The highest BCUT2D eigenvalue weighted by molar-refractivity contribution is 9.10. The molecular weight excluding hydrogens is 354 g/mol. The van der Waals surface area contributed by atoms with Gasteiger partial charge >= 0.3 is 0 Å². The predicted molar refractivity (Wildman–Crippen MR) is 85.0 cm³/mol. The molecule has 0 aliphatic heterocycles. The van der Waals surface area contributed by atoms with Crippen LogP contribution in [0.4, 0.5) is 5.69 Å². The van der Waals surface area contributed by atoms with Crippen LogP contribution in [0, 0.1) is 0 Å². The fourth-order valence-electron chi connectivity index (χ4n) is 1.83. The fraction of sp³-hybridized carbons (Fsp3) is 0.200. The molecule has 1 nitrogen and oxygen atoms in total. The van der Waals surface area contributed by atoms with E-state index in [2.05, 4.69) is 86.6 Å². The zero-order valence-electron chi connectivity index (χ0n) is 10.2. The molecule has 0 atom stereocenters. The van der Waals surface area contributed by atoms with Crippen LogP contribution in [0.25, 0.3) is 0 Å². The molecule has 0 aliphatic carbocycles. The number of benzene rings is 2. The second kappa shape index (κ2) is 6.39. The lowest BCUT2D eigenvalue weighted by molar-refractivity contribution is 1.09. The highest BCUT2D eigenvalue weighted by Gasteiger charge is 2.01. The Labute approximate surface area is 125 Å². The first-order valence-electron chi connectivity index (χ1n) is 5.96. The standard InChI is InChI=1S/C15H15Br2N/c1-2-12-9-14(17)7-8-15(12)18-10-11-3-5-13(16)6-4-11/h3-9,18H,2,10H2,1H3. The van der Waals surface area contributed by atoms with Crippen molar-refractivity contribution in [1.29, 1.82) is 0 Å². The Balaban J connectivity index is 2.08. The number of nitrogens with one attached hydrogen (secondary N) is 1. The van der Waals surface area contributed by atoms with E-state index in [1.165, 1.54) is 16.8 Å². The molecular formula is C15H15Br2N. The van der Waals surface area contributed by atoms with Crippen molar-refractivity contribution in [3.63, 3.8) is 0 Å². The molecule has 3 heteroatoms. The number of hydrogen-bond donors (Lipinski definition) is 1. The van der Waals surface area contributed by atoms with E-state index in [9.17, 15) is 0 Å². The van der Waals surface area contributed by atoms with Gasteiger partial charge in [0, 0.05) is 21.2 Å². The summed E-state index contributed by atoms with van der Waals surface area (Å²) in [5.41, 5.74) is 3.83.